The Kier molecular flexibility index (Phi) is 3.14. The van der Waals surface area contributed by atoms with Crippen LogP contribution in [0.3, 0.4) is 0 Å². The first kappa shape index (κ1) is 14.2. The monoisotopic (exact) mass is 315 g/mol. The van der Waals surface area contributed by atoms with Crippen LogP contribution in [0.2, 0.25) is 0 Å². The molecule has 4 rings (SSSR count). The lowest BCUT2D eigenvalue weighted by Crippen LogP contribution is -2.42. The molecule has 0 saturated heterocycles. The van der Waals surface area contributed by atoms with Crippen molar-refractivity contribution in [3.05, 3.63) is 23.4 Å². The number of aryl methyl sites for hydroxylation is 1. The summed E-state index contributed by atoms with van der Waals surface area (Å²) in [4.78, 5) is 14.4. The zero-order valence-corrected chi connectivity index (χ0v) is 13.4. The molecule has 0 spiro atoms. The minimum absolute atomic E-state index is 0.00821. The Balaban J connectivity index is 1.52. The maximum atomic E-state index is 12.6. The second kappa shape index (κ2) is 5.07. The number of anilines is 1. The van der Waals surface area contributed by atoms with Crippen LogP contribution < -0.4 is 5.73 Å². The van der Waals surface area contributed by atoms with Gasteiger partial charge in [-0.15, -0.1) is 10.2 Å². The highest BCUT2D eigenvalue weighted by Crippen LogP contribution is 2.40. The van der Waals surface area contributed by atoms with E-state index in [0.717, 1.165) is 17.3 Å². The number of carbonyl (C=O) groups excluding carboxylic acids is 1. The second-order valence-corrected chi connectivity index (χ2v) is 6.61. The van der Waals surface area contributed by atoms with E-state index >= 15 is 0 Å². The molecule has 0 unspecified atom stereocenters. The van der Waals surface area contributed by atoms with E-state index in [1.807, 2.05) is 11.8 Å². The molecule has 1 aliphatic heterocycles. The average Bonchev–Trinajstić information content (AvgIpc) is 3.17. The minimum Gasteiger partial charge on any atom is -0.384 e. The van der Waals surface area contributed by atoms with Gasteiger partial charge in [0.1, 0.15) is 18.2 Å². The summed E-state index contributed by atoms with van der Waals surface area (Å²) >= 11 is 0. The third-order valence-electron chi connectivity index (χ3n) is 4.56. The number of amides is 1. The van der Waals surface area contributed by atoms with Crippen molar-refractivity contribution in [2.24, 2.45) is 0 Å². The van der Waals surface area contributed by atoms with Gasteiger partial charge >= 0.3 is 0 Å². The van der Waals surface area contributed by atoms with Crippen LogP contribution in [-0.2, 0) is 17.9 Å². The maximum absolute atomic E-state index is 12.6. The summed E-state index contributed by atoms with van der Waals surface area (Å²) in [6, 6.07) is 1.97. The molecule has 0 bridgehead atoms. The Bertz CT molecular complexity index is 758. The summed E-state index contributed by atoms with van der Waals surface area (Å²) in [6.45, 7) is 5.32. The summed E-state index contributed by atoms with van der Waals surface area (Å²) in [5.74, 6) is 3.05. The molecule has 0 aromatic carbocycles. The van der Waals surface area contributed by atoms with Gasteiger partial charge in [0.05, 0.1) is 18.3 Å². The van der Waals surface area contributed by atoms with Crippen LogP contribution >= 0.6 is 0 Å². The lowest BCUT2D eigenvalue weighted by atomic mass is 10.2. The molecule has 8 heteroatoms. The summed E-state index contributed by atoms with van der Waals surface area (Å²) in [7, 11) is 0. The second-order valence-electron chi connectivity index (χ2n) is 6.61. The number of carbonyl (C=O) groups is 1. The summed E-state index contributed by atoms with van der Waals surface area (Å²) in [5.41, 5.74) is 6.69. The highest BCUT2D eigenvalue weighted by Gasteiger charge is 2.35. The predicted molar refractivity (Wildman–Crippen MR) is 83.5 cm³/mol. The fraction of sp³-hybridized carbons (Fsp3) is 0.600. The van der Waals surface area contributed by atoms with Crippen molar-refractivity contribution in [2.45, 2.75) is 51.7 Å². The Morgan fingerprint density at radius 2 is 2.17 bits per heavy atom. The van der Waals surface area contributed by atoms with E-state index in [0.29, 0.717) is 24.8 Å². The van der Waals surface area contributed by atoms with Gasteiger partial charge in [0.25, 0.3) is 0 Å². The number of nitrogens with two attached hydrogens (primary N) is 1. The summed E-state index contributed by atoms with van der Waals surface area (Å²) in [5, 5.41) is 12.9. The lowest BCUT2D eigenvalue weighted by Gasteiger charge is -2.32. The van der Waals surface area contributed by atoms with E-state index < -0.39 is 0 Å². The SMILES string of the molecule is Cc1cc(N)n(CC(=O)N2Cc3nnc(C4CC4)n3[C@@H](C)C2)n1. The van der Waals surface area contributed by atoms with Gasteiger partial charge in [0, 0.05) is 18.5 Å². The third-order valence-corrected chi connectivity index (χ3v) is 4.56. The number of hydrogen-bond donors (Lipinski definition) is 1. The van der Waals surface area contributed by atoms with Crippen molar-refractivity contribution >= 4 is 11.7 Å². The summed E-state index contributed by atoms with van der Waals surface area (Å²) < 4.78 is 3.77. The number of fused-ring (bicyclic) bond motifs is 1. The molecule has 23 heavy (non-hydrogen) atoms. The third kappa shape index (κ3) is 2.47. The van der Waals surface area contributed by atoms with E-state index in [2.05, 4.69) is 26.8 Å². The quantitative estimate of drug-likeness (QED) is 0.906. The standard InChI is InChI=1S/C15H21N7O/c1-9-5-12(16)21(19-9)8-14(23)20-6-10(2)22-13(7-20)17-18-15(22)11-3-4-11/h5,10-11H,3-4,6-8,16H2,1-2H3/t10-/m0/s1. The van der Waals surface area contributed by atoms with Crippen molar-refractivity contribution in [1.82, 2.24) is 29.4 Å². The zero-order valence-electron chi connectivity index (χ0n) is 13.4. The largest absolute Gasteiger partial charge is 0.384 e. The van der Waals surface area contributed by atoms with Gasteiger partial charge in [0.15, 0.2) is 5.82 Å². The van der Waals surface area contributed by atoms with E-state index in [9.17, 15) is 4.79 Å². The Hall–Kier alpha value is -2.38. The van der Waals surface area contributed by atoms with E-state index in [4.69, 9.17) is 5.73 Å². The van der Waals surface area contributed by atoms with Crippen molar-refractivity contribution in [3.8, 4) is 0 Å². The van der Waals surface area contributed by atoms with Crippen molar-refractivity contribution < 1.29 is 4.79 Å². The van der Waals surface area contributed by atoms with Gasteiger partial charge in [-0.05, 0) is 26.7 Å². The number of hydrogen-bond acceptors (Lipinski definition) is 5. The molecule has 1 saturated carbocycles. The van der Waals surface area contributed by atoms with Gasteiger partial charge in [-0.1, -0.05) is 0 Å². The molecule has 2 aromatic heterocycles. The number of aromatic nitrogens is 5. The molecule has 1 atom stereocenters. The van der Waals surface area contributed by atoms with E-state index in [1.54, 1.807) is 10.7 Å². The fourth-order valence-corrected chi connectivity index (χ4v) is 3.29. The van der Waals surface area contributed by atoms with Crippen LogP contribution in [0.5, 0.6) is 0 Å². The average molecular weight is 315 g/mol. The van der Waals surface area contributed by atoms with Crippen LogP contribution in [0.4, 0.5) is 5.82 Å². The highest BCUT2D eigenvalue weighted by atomic mass is 16.2. The Labute approximate surface area is 134 Å². The van der Waals surface area contributed by atoms with Crippen LogP contribution in [0.1, 0.15) is 49.1 Å². The minimum atomic E-state index is 0.00821. The number of nitrogen functional groups attached to an aromatic ring is 1. The van der Waals surface area contributed by atoms with Crippen molar-refractivity contribution in [2.75, 3.05) is 12.3 Å². The highest BCUT2D eigenvalue weighted by molar-refractivity contribution is 5.76. The first-order valence-electron chi connectivity index (χ1n) is 8.04. The maximum Gasteiger partial charge on any atom is 0.244 e. The van der Waals surface area contributed by atoms with Crippen molar-refractivity contribution in [3.63, 3.8) is 0 Å². The fourth-order valence-electron chi connectivity index (χ4n) is 3.29. The number of rotatable bonds is 3. The molecule has 1 aliphatic carbocycles. The van der Waals surface area contributed by atoms with Crippen molar-refractivity contribution in [1.29, 1.82) is 0 Å². The molecule has 2 aliphatic rings. The Morgan fingerprint density at radius 1 is 1.39 bits per heavy atom. The van der Waals surface area contributed by atoms with Gasteiger partial charge in [-0.2, -0.15) is 5.10 Å². The van der Waals surface area contributed by atoms with Crippen LogP contribution in [-0.4, -0.2) is 41.9 Å². The van der Waals surface area contributed by atoms with E-state index in [1.165, 1.54) is 12.8 Å². The van der Waals surface area contributed by atoms with Gasteiger partial charge < -0.3 is 15.2 Å². The van der Waals surface area contributed by atoms with Crippen LogP contribution in [0.15, 0.2) is 6.07 Å². The normalized spacial score (nSPS) is 20.6. The van der Waals surface area contributed by atoms with E-state index in [-0.39, 0.29) is 18.5 Å². The molecule has 122 valence electrons. The van der Waals surface area contributed by atoms with Gasteiger partial charge in [-0.25, -0.2) is 4.68 Å². The first-order valence-corrected chi connectivity index (χ1v) is 8.04. The molecule has 1 fully saturated rings. The molecule has 8 nitrogen and oxygen atoms in total. The van der Waals surface area contributed by atoms with Gasteiger partial charge in [-0.3, -0.25) is 4.79 Å². The number of nitrogens with zero attached hydrogens (tertiary/aromatic N) is 6. The molecule has 1 amide bonds. The molecule has 2 N–H and O–H groups in total. The van der Waals surface area contributed by atoms with Crippen LogP contribution in [0, 0.1) is 6.92 Å². The molecule has 2 aromatic rings. The smallest absolute Gasteiger partial charge is 0.244 e. The Morgan fingerprint density at radius 3 is 2.83 bits per heavy atom. The lowest BCUT2D eigenvalue weighted by molar-refractivity contribution is -0.134. The zero-order chi connectivity index (χ0) is 16.1. The summed E-state index contributed by atoms with van der Waals surface area (Å²) in [6.07, 6.45) is 2.40. The molecule has 3 heterocycles. The first-order chi connectivity index (χ1) is 11.0. The molecule has 0 radical (unpaired) electrons. The van der Waals surface area contributed by atoms with Gasteiger partial charge in [0.2, 0.25) is 5.91 Å². The topological polar surface area (TPSA) is 94.9 Å². The molecular weight excluding hydrogens is 294 g/mol. The van der Waals surface area contributed by atoms with Crippen LogP contribution in [0.25, 0.3) is 0 Å². The molecular formula is C15H21N7O. The predicted octanol–water partition coefficient (Wildman–Crippen LogP) is 0.846.